The number of rotatable bonds is 2. The molecule has 3 heterocycles. The van der Waals surface area contributed by atoms with Gasteiger partial charge in [0.05, 0.1) is 10.6 Å². The van der Waals surface area contributed by atoms with E-state index in [9.17, 15) is 0 Å². The summed E-state index contributed by atoms with van der Waals surface area (Å²) >= 11 is 3.48. The van der Waals surface area contributed by atoms with Crippen molar-refractivity contribution in [2.24, 2.45) is 5.84 Å². The van der Waals surface area contributed by atoms with Crippen molar-refractivity contribution in [2.45, 2.75) is 11.5 Å². The number of aromatic nitrogens is 2. The third kappa shape index (κ3) is 1.59. The lowest BCUT2D eigenvalue weighted by molar-refractivity contribution is 1.06. The summed E-state index contributed by atoms with van der Waals surface area (Å²) < 4.78 is 0. The van der Waals surface area contributed by atoms with Gasteiger partial charge in [-0.05, 0) is 11.4 Å². The predicted molar refractivity (Wildman–Crippen MR) is 68.2 cm³/mol. The fourth-order valence-corrected chi connectivity index (χ4v) is 3.39. The van der Waals surface area contributed by atoms with Crippen LogP contribution in [0.25, 0.3) is 10.7 Å². The first-order chi connectivity index (χ1) is 7.88. The first-order valence-corrected chi connectivity index (χ1v) is 6.90. The van der Waals surface area contributed by atoms with E-state index in [-0.39, 0.29) is 0 Å². The Bertz CT molecular complexity index is 510. The zero-order chi connectivity index (χ0) is 11.0. The summed E-state index contributed by atoms with van der Waals surface area (Å²) in [6.45, 7) is 0. The second kappa shape index (κ2) is 4.04. The second-order valence-electron chi connectivity index (χ2n) is 3.44. The predicted octanol–water partition coefficient (Wildman–Crippen LogP) is 2.24. The minimum atomic E-state index is 0.762. The first kappa shape index (κ1) is 10.1. The highest BCUT2D eigenvalue weighted by Gasteiger charge is 2.19. The molecule has 3 rings (SSSR count). The van der Waals surface area contributed by atoms with E-state index in [1.54, 1.807) is 11.3 Å². The van der Waals surface area contributed by atoms with E-state index in [2.05, 4.69) is 15.4 Å². The Morgan fingerprint density at radius 1 is 1.31 bits per heavy atom. The Morgan fingerprint density at radius 3 is 3.00 bits per heavy atom. The van der Waals surface area contributed by atoms with E-state index in [4.69, 9.17) is 5.84 Å². The molecule has 0 saturated heterocycles. The van der Waals surface area contributed by atoms with Crippen molar-refractivity contribution < 1.29 is 0 Å². The van der Waals surface area contributed by atoms with E-state index in [0.717, 1.165) is 39.3 Å². The average Bonchev–Trinajstić information content (AvgIpc) is 2.97. The maximum absolute atomic E-state index is 5.50. The van der Waals surface area contributed by atoms with E-state index >= 15 is 0 Å². The topological polar surface area (TPSA) is 63.8 Å². The number of nitrogens with one attached hydrogen (secondary N) is 1. The van der Waals surface area contributed by atoms with Crippen LogP contribution in [0.15, 0.2) is 17.5 Å². The molecule has 1 aliphatic heterocycles. The lowest BCUT2D eigenvalue weighted by atomic mass is 10.2. The summed E-state index contributed by atoms with van der Waals surface area (Å²) in [5.74, 6) is 8.92. The molecule has 0 fully saturated rings. The van der Waals surface area contributed by atoms with Crippen LogP contribution in [0, 0.1) is 0 Å². The largest absolute Gasteiger partial charge is 0.308 e. The zero-order valence-corrected chi connectivity index (χ0v) is 10.1. The second-order valence-corrected chi connectivity index (χ2v) is 5.37. The first-order valence-electron chi connectivity index (χ1n) is 4.86. The molecule has 0 saturated carbocycles. The lowest BCUT2D eigenvalue weighted by Gasteiger charge is -2.07. The molecule has 0 spiro atoms. The minimum Gasteiger partial charge on any atom is -0.308 e. The molecule has 82 valence electrons. The molecule has 6 heteroatoms. The van der Waals surface area contributed by atoms with Crippen LogP contribution in [0.3, 0.4) is 0 Å². The van der Waals surface area contributed by atoms with Gasteiger partial charge in [0.15, 0.2) is 5.82 Å². The van der Waals surface area contributed by atoms with E-state index in [1.165, 1.54) is 0 Å². The highest BCUT2D eigenvalue weighted by Crippen LogP contribution is 2.34. The van der Waals surface area contributed by atoms with Crippen molar-refractivity contribution in [3.05, 3.63) is 28.8 Å². The molecule has 16 heavy (non-hydrogen) atoms. The standard InChI is InChI=1S/C10H10N4S2/c11-14-9-6-4-15-5-7(6)12-10(13-9)8-2-1-3-16-8/h1-3H,4-5,11H2,(H,12,13,14). The fourth-order valence-electron chi connectivity index (χ4n) is 1.69. The van der Waals surface area contributed by atoms with Gasteiger partial charge in [0.25, 0.3) is 0 Å². The number of hydrogen-bond acceptors (Lipinski definition) is 6. The van der Waals surface area contributed by atoms with Crippen molar-refractivity contribution in [3.8, 4) is 10.7 Å². The molecule has 2 aromatic heterocycles. The molecule has 2 aromatic rings. The number of thioether (sulfide) groups is 1. The van der Waals surface area contributed by atoms with Gasteiger partial charge < -0.3 is 5.43 Å². The number of fused-ring (bicyclic) bond motifs is 1. The third-order valence-corrected chi connectivity index (χ3v) is 4.29. The molecular formula is C10H10N4S2. The average molecular weight is 250 g/mol. The highest BCUT2D eigenvalue weighted by atomic mass is 32.2. The number of nitrogens with zero attached hydrogens (tertiary/aromatic N) is 2. The Kier molecular flexibility index (Phi) is 2.55. The van der Waals surface area contributed by atoms with Crippen molar-refractivity contribution in [2.75, 3.05) is 5.43 Å². The van der Waals surface area contributed by atoms with Crippen LogP contribution < -0.4 is 11.3 Å². The zero-order valence-electron chi connectivity index (χ0n) is 8.43. The van der Waals surface area contributed by atoms with Crippen LogP contribution >= 0.6 is 23.1 Å². The van der Waals surface area contributed by atoms with Crippen LogP contribution in [0.4, 0.5) is 5.82 Å². The quantitative estimate of drug-likeness (QED) is 0.632. The number of anilines is 1. The molecular weight excluding hydrogens is 240 g/mol. The van der Waals surface area contributed by atoms with Gasteiger partial charge in [-0.3, -0.25) is 0 Å². The number of thiophene rings is 1. The van der Waals surface area contributed by atoms with Gasteiger partial charge in [-0.15, -0.1) is 11.3 Å². The molecule has 3 N–H and O–H groups in total. The molecule has 1 aliphatic rings. The van der Waals surface area contributed by atoms with Gasteiger partial charge in [0.2, 0.25) is 0 Å². The number of hydrazine groups is 1. The lowest BCUT2D eigenvalue weighted by Crippen LogP contribution is -2.12. The van der Waals surface area contributed by atoms with Crippen LogP contribution in [-0.4, -0.2) is 9.97 Å². The van der Waals surface area contributed by atoms with Crippen LogP contribution in [0.5, 0.6) is 0 Å². The Balaban J connectivity index is 2.15. The molecule has 4 nitrogen and oxygen atoms in total. The normalized spacial score (nSPS) is 13.8. The fraction of sp³-hybridized carbons (Fsp3) is 0.200. The Morgan fingerprint density at radius 2 is 2.25 bits per heavy atom. The summed E-state index contributed by atoms with van der Waals surface area (Å²) in [4.78, 5) is 10.1. The van der Waals surface area contributed by atoms with Crippen LogP contribution in [-0.2, 0) is 11.5 Å². The molecule has 0 amide bonds. The van der Waals surface area contributed by atoms with Gasteiger partial charge in [-0.25, -0.2) is 15.8 Å². The molecule has 0 bridgehead atoms. The molecule has 0 unspecified atom stereocenters. The molecule has 0 aromatic carbocycles. The van der Waals surface area contributed by atoms with Crippen LogP contribution in [0.2, 0.25) is 0 Å². The Labute approximate surface area is 101 Å². The van der Waals surface area contributed by atoms with Gasteiger partial charge in [-0.1, -0.05) is 6.07 Å². The summed E-state index contributed by atoms with van der Waals surface area (Å²) in [7, 11) is 0. The molecule has 0 aliphatic carbocycles. The van der Waals surface area contributed by atoms with Gasteiger partial charge in [-0.2, -0.15) is 11.8 Å². The van der Waals surface area contributed by atoms with Gasteiger partial charge in [0, 0.05) is 17.1 Å². The Hall–Kier alpha value is -1.11. The van der Waals surface area contributed by atoms with Gasteiger partial charge in [0.1, 0.15) is 5.82 Å². The maximum atomic E-state index is 5.50. The SMILES string of the molecule is NNc1nc(-c2cccs2)nc2c1CSC2. The molecule has 0 radical (unpaired) electrons. The smallest absolute Gasteiger partial charge is 0.171 e. The maximum Gasteiger partial charge on any atom is 0.171 e. The van der Waals surface area contributed by atoms with E-state index < -0.39 is 0 Å². The number of nitrogen functional groups attached to an aromatic ring is 1. The van der Waals surface area contributed by atoms with E-state index in [1.807, 2.05) is 29.3 Å². The number of hydrogen-bond donors (Lipinski definition) is 2. The number of nitrogens with two attached hydrogens (primary N) is 1. The third-order valence-electron chi connectivity index (χ3n) is 2.46. The van der Waals surface area contributed by atoms with Crippen molar-refractivity contribution in [3.63, 3.8) is 0 Å². The van der Waals surface area contributed by atoms with Crippen molar-refractivity contribution >= 4 is 28.9 Å². The van der Waals surface area contributed by atoms with Crippen LogP contribution in [0.1, 0.15) is 11.3 Å². The molecule has 0 atom stereocenters. The highest BCUT2D eigenvalue weighted by molar-refractivity contribution is 7.98. The summed E-state index contributed by atoms with van der Waals surface area (Å²) in [5, 5.41) is 2.02. The van der Waals surface area contributed by atoms with E-state index in [0.29, 0.717) is 0 Å². The van der Waals surface area contributed by atoms with Gasteiger partial charge >= 0.3 is 0 Å². The summed E-state index contributed by atoms with van der Waals surface area (Å²) in [5.41, 5.74) is 4.92. The summed E-state index contributed by atoms with van der Waals surface area (Å²) in [6, 6.07) is 4.02. The minimum absolute atomic E-state index is 0.762. The summed E-state index contributed by atoms with van der Waals surface area (Å²) in [6.07, 6.45) is 0. The van der Waals surface area contributed by atoms with Crippen molar-refractivity contribution in [1.29, 1.82) is 0 Å². The monoisotopic (exact) mass is 250 g/mol. The van der Waals surface area contributed by atoms with Crippen molar-refractivity contribution in [1.82, 2.24) is 9.97 Å².